The Kier molecular flexibility index (Phi) is 6.58. The van der Waals surface area contributed by atoms with E-state index < -0.39 is 0 Å². The molecule has 0 unspecified atom stereocenters. The van der Waals surface area contributed by atoms with E-state index in [0.29, 0.717) is 21.6 Å². The lowest BCUT2D eigenvalue weighted by Crippen LogP contribution is -2.27. The average molecular weight is 465 g/mol. The SMILES string of the molecule is CN(C)c1ccc(N2C(=O)/C(=C/c3ccc(OCc4ccc(F)cc4)cc3)SC2=S)cc1. The molecule has 7 heteroatoms. The fourth-order valence-electron chi connectivity index (χ4n) is 3.15. The molecule has 4 rings (SSSR count). The third kappa shape index (κ3) is 5.00. The highest BCUT2D eigenvalue weighted by molar-refractivity contribution is 8.27. The first-order valence-electron chi connectivity index (χ1n) is 9.93. The van der Waals surface area contributed by atoms with Gasteiger partial charge in [-0.25, -0.2) is 4.39 Å². The number of amides is 1. The third-order valence-electron chi connectivity index (χ3n) is 4.91. The summed E-state index contributed by atoms with van der Waals surface area (Å²) in [5, 5.41) is 0. The van der Waals surface area contributed by atoms with Crippen molar-refractivity contribution >= 4 is 51.7 Å². The number of carbonyl (C=O) groups excluding carboxylic acids is 1. The third-order valence-corrected chi connectivity index (χ3v) is 6.22. The number of thiocarbonyl (C=S) groups is 1. The van der Waals surface area contributed by atoms with E-state index in [1.54, 1.807) is 17.0 Å². The van der Waals surface area contributed by atoms with Gasteiger partial charge in [-0.2, -0.15) is 0 Å². The molecule has 0 aliphatic carbocycles. The van der Waals surface area contributed by atoms with Crippen molar-refractivity contribution in [2.24, 2.45) is 0 Å². The van der Waals surface area contributed by atoms with E-state index in [2.05, 4.69) is 0 Å². The molecule has 3 aromatic carbocycles. The van der Waals surface area contributed by atoms with E-state index in [0.717, 1.165) is 22.5 Å². The van der Waals surface area contributed by atoms with Crippen LogP contribution in [0.2, 0.25) is 0 Å². The molecule has 162 valence electrons. The molecule has 0 aromatic heterocycles. The number of halogens is 1. The van der Waals surface area contributed by atoms with Crippen LogP contribution in [-0.2, 0) is 11.4 Å². The quantitative estimate of drug-likeness (QED) is 0.336. The first-order chi connectivity index (χ1) is 15.4. The lowest BCUT2D eigenvalue weighted by atomic mass is 10.2. The van der Waals surface area contributed by atoms with Gasteiger partial charge in [0.15, 0.2) is 4.32 Å². The Hall–Kier alpha value is -3.16. The Morgan fingerprint density at radius 3 is 2.28 bits per heavy atom. The zero-order valence-electron chi connectivity index (χ0n) is 17.6. The van der Waals surface area contributed by atoms with E-state index in [1.807, 2.05) is 73.6 Å². The van der Waals surface area contributed by atoms with E-state index in [4.69, 9.17) is 17.0 Å². The molecule has 0 saturated carbocycles. The number of hydrogen-bond donors (Lipinski definition) is 0. The maximum Gasteiger partial charge on any atom is 0.270 e. The Bertz CT molecular complexity index is 1160. The van der Waals surface area contributed by atoms with Crippen LogP contribution in [0.4, 0.5) is 15.8 Å². The first-order valence-corrected chi connectivity index (χ1v) is 11.2. The molecule has 1 fully saturated rings. The van der Waals surface area contributed by atoms with Crippen LogP contribution in [0, 0.1) is 5.82 Å². The van der Waals surface area contributed by atoms with Crippen molar-refractivity contribution in [3.05, 3.63) is 94.6 Å². The first kappa shape index (κ1) is 22.0. The van der Waals surface area contributed by atoms with Gasteiger partial charge in [0, 0.05) is 19.8 Å². The second-order valence-corrected chi connectivity index (χ2v) is 9.09. The molecule has 4 nitrogen and oxygen atoms in total. The van der Waals surface area contributed by atoms with Gasteiger partial charge in [0.05, 0.1) is 10.6 Å². The van der Waals surface area contributed by atoms with Gasteiger partial charge in [0.1, 0.15) is 18.2 Å². The molecule has 0 N–H and O–H groups in total. The van der Waals surface area contributed by atoms with Gasteiger partial charge >= 0.3 is 0 Å². The van der Waals surface area contributed by atoms with Crippen LogP contribution in [0.3, 0.4) is 0 Å². The van der Waals surface area contributed by atoms with E-state index in [9.17, 15) is 9.18 Å². The number of benzene rings is 3. The van der Waals surface area contributed by atoms with Crippen LogP contribution in [0.25, 0.3) is 6.08 Å². The molecule has 1 aliphatic rings. The molecule has 32 heavy (non-hydrogen) atoms. The fraction of sp³-hybridized carbons (Fsp3) is 0.120. The summed E-state index contributed by atoms with van der Waals surface area (Å²) < 4.78 is 19.3. The minimum absolute atomic E-state index is 0.130. The van der Waals surface area contributed by atoms with Crippen molar-refractivity contribution in [3.63, 3.8) is 0 Å². The van der Waals surface area contributed by atoms with Gasteiger partial charge in [0.25, 0.3) is 5.91 Å². The Morgan fingerprint density at radius 1 is 1.00 bits per heavy atom. The van der Waals surface area contributed by atoms with E-state index >= 15 is 0 Å². The predicted molar refractivity (Wildman–Crippen MR) is 134 cm³/mol. The van der Waals surface area contributed by atoms with Crippen molar-refractivity contribution in [1.82, 2.24) is 0 Å². The fourth-order valence-corrected chi connectivity index (χ4v) is 4.45. The normalized spacial score (nSPS) is 14.8. The maximum atomic E-state index is 13.0. The molecule has 3 aromatic rings. The molecule has 0 spiro atoms. The minimum Gasteiger partial charge on any atom is -0.489 e. The highest BCUT2D eigenvalue weighted by atomic mass is 32.2. The molecular formula is C25H21FN2O2S2. The topological polar surface area (TPSA) is 32.8 Å². The number of rotatable bonds is 6. The minimum atomic E-state index is -0.269. The van der Waals surface area contributed by atoms with Crippen LogP contribution in [0.1, 0.15) is 11.1 Å². The number of carbonyl (C=O) groups is 1. The van der Waals surface area contributed by atoms with Crippen LogP contribution in [0.5, 0.6) is 5.75 Å². The van der Waals surface area contributed by atoms with Crippen molar-refractivity contribution in [2.75, 3.05) is 23.9 Å². The summed E-state index contributed by atoms with van der Waals surface area (Å²) in [6, 6.07) is 21.4. The zero-order valence-corrected chi connectivity index (χ0v) is 19.3. The van der Waals surface area contributed by atoms with Gasteiger partial charge in [-0.15, -0.1) is 0 Å². The predicted octanol–water partition coefficient (Wildman–Crippen LogP) is 5.88. The number of hydrogen-bond acceptors (Lipinski definition) is 5. The van der Waals surface area contributed by atoms with Gasteiger partial charge in [0.2, 0.25) is 0 Å². The monoisotopic (exact) mass is 464 g/mol. The number of thioether (sulfide) groups is 1. The van der Waals surface area contributed by atoms with Gasteiger partial charge < -0.3 is 9.64 Å². The number of anilines is 2. The molecule has 0 radical (unpaired) electrons. The largest absolute Gasteiger partial charge is 0.489 e. The molecule has 0 atom stereocenters. The molecule has 0 bridgehead atoms. The Morgan fingerprint density at radius 2 is 1.66 bits per heavy atom. The molecule has 1 saturated heterocycles. The molecule has 1 aliphatic heterocycles. The van der Waals surface area contributed by atoms with Crippen LogP contribution in [-0.4, -0.2) is 24.3 Å². The second-order valence-electron chi connectivity index (χ2n) is 7.41. The Balaban J connectivity index is 1.43. The lowest BCUT2D eigenvalue weighted by Gasteiger charge is -2.17. The van der Waals surface area contributed by atoms with Gasteiger partial charge in [-0.1, -0.05) is 48.2 Å². The van der Waals surface area contributed by atoms with Crippen molar-refractivity contribution < 1.29 is 13.9 Å². The molecule has 1 amide bonds. The summed E-state index contributed by atoms with van der Waals surface area (Å²) in [7, 11) is 3.94. The highest BCUT2D eigenvalue weighted by Crippen LogP contribution is 2.36. The van der Waals surface area contributed by atoms with Crippen LogP contribution < -0.4 is 14.5 Å². The van der Waals surface area contributed by atoms with Gasteiger partial charge in [-0.3, -0.25) is 9.69 Å². The summed E-state index contributed by atoms with van der Waals surface area (Å²) in [4.78, 5) is 17.1. The summed E-state index contributed by atoms with van der Waals surface area (Å²) in [5.74, 6) is 0.295. The van der Waals surface area contributed by atoms with Gasteiger partial charge in [-0.05, 0) is 65.7 Å². The average Bonchev–Trinajstić information content (AvgIpc) is 3.07. The molecular weight excluding hydrogens is 443 g/mol. The van der Waals surface area contributed by atoms with Crippen molar-refractivity contribution in [1.29, 1.82) is 0 Å². The lowest BCUT2D eigenvalue weighted by molar-refractivity contribution is -0.113. The smallest absolute Gasteiger partial charge is 0.270 e. The Labute approximate surface area is 196 Å². The maximum absolute atomic E-state index is 13.0. The number of ether oxygens (including phenoxy) is 1. The van der Waals surface area contributed by atoms with Crippen LogP contribution in [0.15, 0.2) is 77.7 Å². The number of nitrogens with zero attached hydrogens (tertiary/aromatic N) is 2. The standard InChI is InChI=1S/C25H21FN2O2S2/c1-27(2)20-9-11-21(12-10-20)28-24(29)23(32-25(28)31)15-17-5-13-22(14-6-17)30-16-18-3-7-19(26)8-4-18/h3-15H,16H2,1-2H3/b23-15-. The van der Waals surface area contributed by atoms with E-state index in [1.165, 1.54) is 23.9 Å². The summed E-state index contributed by atoms with van der Waals surface area (Å²) in [6.07, 6.45) is 1.83. The second kappa shape index (κ2) is 9.54. The summed E-state index contributed by atoms with van der Waals surface area (Å²) >= 11 is 6.75. The highest BCUT2D eigenvalue weighted by Gasteiger charge is 2.33. The van der Waals surface area contributed by atoms with E-state index in [-0.39, 0.29) is 11.7 Å². The zero-order chi connectivity index (χ0) is 22.7. The summed E-state index contributed by atoms with van der Waals surface area (Å²) in [5.41, 5.74) is 3.57. The summed E-state index contributed by atoms with van der Waals surface area (Å²) in [6.45, 7) is 0.352. The van der Waals surface area contributed by atoms with Crippen molar-refractivity contribution in [3.8, 4) is 5.75 Å². The van der Waals surface area contributed by atoms with Crippen molar-refractivity contribution in [2.45, 2.75) is 6.61 Å². The van der Waals surface area contributed by atoms with Crippen LogP contribution >= 0.6 is 24.0 Å². The molecule has 1 heterocycles.